The molecule has 0 saturated heterocycles. The maximum Gasteiger partial charge on any atom is 0.258 e. The molecule has 7 heteroatoms. The molecule has 5 aromatic rings. The van der Waals surface area contributed by atoms with Crippen LogP contribution in [0, 0.1) is 5.82 Å². The molecule has 6 rings (SSSR count). The minimum absolute atomic E-state index is 0.0657. The van der Waals surface area contributed by atoms with E-state index < -0.39 is 0 Å². The number of hydrogen-bond acceptors (Lipinski definition) is 5. The Kier molecular flexibility index (Phi) is 5.50. The summed E-state index contributed by atoms with van der Waals surface area (Å²) in [4.78, 5) is 23.7. The number of nitrogens with zero attached hydrogens (tertiary/aromatic N) is 3. The summed E-state index contributed by atoms with van der Waals surface area (Å²) >= 11 is 0. The number of carbonyl (C=O) groups excluding carboxylic acids is 1. The lowest BCUT2D eigenvalue weighted by Crippen LogP contribution is -2.28. The summed E-state index contributed by atoms with van der Waals surface area (Å²) in [5.41, 5.74) is 6.63. The standard InChI is InChI=1S/C29H22FN5O/c30-21-5-7-26-25(17-21)27(10-14-32-26)34-23-3-1-2-20(16-23)29(36)35-15-11-19-4-6-24(18-28(19)35)33-22-8-12-31-13-9-22/h1-10,12-14,16-18H,11,15H2,(H,31,33)(H,32,34). The maximum absolute atomic E-state index is 13.9. The molecule has 1 amide bonds. The Balaban J connectivity index is 1.26. The first kappa shape index (κ1) is 21.7. The number of anilines is 5. The lowest BCUT2D eigenvalue weighted by molar-refractivity contribution is 0.0989. The lowest BCUT2D eigenvalue weighted by atomic mass is 10.1. The number of aromatic nitrogens is 2. The number of pyridine rings is 2. The average Bonchev–Trinajstić information content (AvgIpc) is 3.33. The Morgan fingerprint density at radius 3 is 2.58 bits per heavy atom. The van der Waals surface area contributed by atoms with Gasteiger partial charge in [-0.2, -0.15) is 0 Å². The second-order valence-electron chi connectivity index (χ2n) is 8.64. The number of halogens is 1. The predicted octanol–water partition coefficient (Wildman–Crippen LogP) is 6.46. The fourth-order valence-corrected chi connectivity index (χ4v) is 4.54. The minimum Gasteiger partial charge on any atom is -0.355 e. The van der Waals surface area contributed by atoms with Gasteiger partial charge in [0.25, 0.3) is 5.91 Å². The lowest BCUT2D eigenvalue weighted by Gasteiger charge is -2.19. The monoisotopic (exact) mass is 475 g/mol. The Hall–Kier alpha value is -4.78. The smallest absolute Gasteiger partial charge is 0.258 e. The van der Waals surface area contributed by atoms with E-state index in [9.17, 15) is 9.18 Å². The molecule has 0 bridgehead atoms. The number of hydrogen-bond donors (Lipinski definition) is 2. The molecule has 36 heavy (non-hydrogen) atoms. The van der Waals surface area contributed by atoms with Crippen molar-refractivity contribution in [2.45, 2.75) is 6.42 Å². The maximum atomic E-state index is 13.9. The van der Waals surface area contributed by atoms with Crippen molar-refractivity contribution in [3.8, 4) is 0 Å². The molecular weight excluding hydrogens is 453 g/mol. The molecular formula is C29H22FN5O. The predicted molar refractivity (Wildman–Crippen MR) is 141 cm³/mol. The van der Waals surface area contributed by atoms with Crippen molar-refractivity contribution in [1.29, 1.82) is 0 Å². The first-order chi connectivity index (χ1) is 17.6. The average molecular weight is 476 g/mol. The van der Waals surface area contributed by atoms with Crippen molar-refractivity contribution in [2.24, 2.45) is 0 Å². The normalized spacial score (nSPS) is 12.4. The van der Waals surface area contributed by atoms with Gasteiger partial charge in [-0.25, -0.2) is 4.39 Å². The van der Waals surface area contributed by atoms with Crippen molar-refractivity contribution in [2.75, 3.05) is 22.1 Å². The zero-order valence-corrected chi connectivity index (χ0v) is 19.3. The van der Waals surface area contributed by atoms with Gasteiger partial charge in [-0.15, -0.1) is 0 Å². The van der Waals surface area contributed by atoms with E-state index >= 15 is 0 Å². The van der Waals surface area contributed by atoms with Crippen LogP contribution in [0.5, 0.6) is 0 Å². The van der Waals surface area contributed by atoms with E-state index in [0.29, 0.717) is 23.0 Å². The molecule has 0 fully saturated rings. The van der Waals surface area contributed by atoms with Crippen LogP contribution < -0.4 is 15.5 Å². The zero-order chi connectivity index (χ0) is 24.5. The molecule has 0 radical (unpaired) electrons. The number of carbonyl (C=O) groups is 1. The number of rotatable bonds is 5. The summed E-state index contributed by atoms with van der Waals surface area (Å²) in [5.74, 6) is -0.392. The van der Waals surface area contributed by atoms with Crippen LogP contribution in [0.15, 0.2) is 97.5 Å². The molecule has 176 valence electrons. The largest absolute Gasteiger partial charge is 0.355 e. The Bertz CT molecular complexity index is 1590. The van der Waals surface area contributed by atoms with Crippen molar-refractivity contribution in [1.82, 2.24) is 9.97 Å². The van der Waals surface area contributed by atoms with Crippen molar-refractivity contribution < 1.29 is 9.18 Å². The SMILES string of the molecule is O=C(c1cccc(Nc2ccnc3ccc(F)cc23)c1)N1CCc2ccc(Nc3ccncc3)cc21. The molecule has 0 spiro atoms. The second-order valence-corrected chi connectivity index (χ2v) is 8.64. The zero-order valence-electron chi connectivity index (χ0n) is 19.3. The minimum atomic E-state index is -0.326. The van der Waals surface area contributed by atoms with Crippen LogP contribution in [-0.4, -0.2) is 22.4 Å². The van der Waals surface area contributed by atoms with Gasteiger partial charge in [-0.05, 0) is 78.7 Å². The van der Waals surface area contributed by atoms with Crippen LogP contribution in [0.2, 0.25) is 0 Å². The van der Waals surface area contributed by atoms with Crippen LogP contribution >= 0.6 is 0 Å². The summed E-state index contributed by atoms with van der Waals surface area (Å²) in [7, 11) is 0. The molecule has 3 aromatic carbocycles. The van der Waals surface area contributed by atoms with Crippen LogP contribution in [0.25, 0.3) is 10.9 Å². The topological polar surface area (TPSA) is 70.2 Å². The molecule has 0 unspecified atom stereocenters. The third-order valence-electron chi connectivity index (χ3n) is 6.29. The fourth-order valence-electron chi connectivity index (χ4n) is 4.54. The fraction of sp³-hybridized carbons (Fsp3) is 0.0690. The highest BCUT2D eigenvalue weighted by atomic mass is 19.1. The van der Waals surface area contributed by atoms with Crippen molar-refractivity contribution in [3.05, 3.63) is 114 Å². The van der Waals surface area contributed by atoms with E-state index in [-0.39, 0.29) is 11.7 Å². The molecule has 2 N–H and O–H groups in total. The summed E-state index contributed by atoms with van der Waals surface area (Å²) in [6.45, 7) is 0.624. The van der Waals surface area contributed by atoms with Crippen molar-refractivity contribution >= 4 is 45.2 Å². The highest BCUT2D eigenvalue weighted by Gasteiger charge is 2.26. The van der Waals surface area contributed by atoms with Gasteiger partial charge in [0.1, 0.15) is 5.82 Å². The molecule has 2 aromatic heterocycles. The van der Waals surface area contributed by atoms with Crippen LogP contribution in [0.3, 0.4) is 0 Å². The summed E-state index contributed by atoms with van der Waals surface area (Å²) in [6, 6.07) is 23.6. The Morgan fingerprint density at radius 1 is 0.833 bits per heavy atom. The third-order valence-corrected chi connectivity index (χ3v) is 6.29. The van der Waals surface area contributed by atoms with Gasteiger partial charge in [0.2, 0.25) is 0 Å². The Morgan fingerprint density at radius 2 is 1.69 bits per heavy atom. The van der Waals surface area contributed by atoms with Gasteiger partial charge in [0.15, 0.2) is 0 Å². The van der Waals surface area contributed by atoms with Gasteiger partial charge in [0.05, 0.1) is 5.52 Å². The van der Waals surface area contributed by atoms with Gasteiger partial charge < -0.3 is 15.5 Å². The van der Waals surface area contributed by atoms with E-state index in [1.807, 2.05) is 53.4 Å². The summed E-state index contributed by atoms with van der Waals surface area (Å²) in [5, 5.41) is 7.37. The van der Waals surface area contributed by atoms with E-state index in [2.05, 4.69) is 26.7 Å². The number of amides is 1. The second kappa shape index (κ2) is 9.11. The highest BCUT2D eigenvalue weighted by molar-refractivity contribution is 6.08. The van der Waals surface area contributed by atoms with Crippen LogP contribution in [0.1, 0.15) is 15.9 Å². The first-order valence-electron chi connectivity index (χ1n) is 11.7. The third kappa shape index (κ3) is 4.22. The number of nitrogens with one attached hydrogen (secondary N) is 2. The van der Waals surface area contributed by atoms with Crippen LogP contribution in [0.4, 0.5) is 32.8 Å². The first-order valence-corrected chi connectivity index (χ1v) is 11.7. The van der Waals surface area contributed by atoms with Crippen molar-refractivity contribution in [3.63, 3.8) is 0 Å². The summed E-state index contributed by atoms with van der Waals surface area (Å²) < 4.78 is 13.9. The van der Waals surface area contributed by atoms with E-state index in [1.165, 1.54) is 12.1 Å². The molecule has 3 heterocycles. The number of benzene rings is 3. The van der Waals surface area contributed by atoms with Crippen LogP contribution in [-0.2, 0) is 6.42 Å². The molecule has 0 atom stereocenters. The van der Waals surface area contributed by atoms with E-state index in [4.69, 9.17) is 0 Å². The highest BCUT2D eigenvalue weighted by Crippen LogP contribution is 2.33. The summed E-state index contributed by atoms with van der Waals surface area (Å²) in [6.07, 6.45) is 5.95. The van der Waals surface area contributed by atoms with Gasteiger partial charge >= 0.3 is 0 Å². The molecule has 1 aliphatic heterocycles. The van der Waals surface area contributed by atoms with Gasteiger partial charge in [-0.1, -0.05) is 12.1 Å². The molecule has 6 nitrogen and oxygen atoms in total. The van der Waals surface area contributed by atoms with Gasteiger partial charge in [0, 0.05) is 64.5 Å². The molecule has 1 aliphatic rings. The van der Waals surface area contributed by atoms with E-state index in [0.717, 1.165) is 40.4 Å². The van der Waals surface area contributed by atoms with Gasteiger partial charge in [-0.3, -0.25) is 14.8 Å². The van der Waals surface area contributed by atoms with E-state index in [1.54, 1.807) is 30.7 Å². The molecule has 0 saturated carbocycles. The Labute approximate surface area is 207 Å². The number of fused-ring (bicyclic) bond motifs is 2. The molecule has 0 aliphatic carbocycles. The quantitative estimate of drug-likeness (QED) is 0.305.